The highest BCUT2D eigenvalue weighted by atomic mass is 32.2. The van der Waals surface area contributed by atoms with Gasteiger partial charge in [0.25, 0.3) is 0 Å². The fourth-order valence-corrected chi connectivity index (χ4v) is 3.10. The third-order valence-corrected chi connectivity index (χ3v) is 4.46. The van der Waals surface area contributed by atoms with Gasteiger partial charge in [-0.2, -0.15) is 0 Å². The van der Waals surface area contributed by atoms with Crippen molar-refractivity contribution in [3.05, 3.63) is 23.3 Å². The summed E-state index contributed by atoms with van der Waals surface area (Å²) in [5.74, 6) is -0.126. The molecule has 0 saturated carbocycles. The van der Waals surface area contributed by atoms with Crippen molar-refractivity contribution >= 4 is 9.84 Å². The molecule has 4 heteroatoms. The van der Waals surface area contributed by atoms with Gasteiger partial charge in [0.2, 0.25) is 0 Å². The van der Waals surface area contributed by atoms with Crippen molar-refractivity contribution in [3.8, 4) is 5.75 Å². The van der Waals surface area contributed by atoms with Gasteiger partial charge in [0, 0.05) is 6.26 Å². The molecule has 0 amide bonds. The van der Waals surface area contributed by atoms with E-state index in [0.717, 1.165) is 30.2 Å². The maximum absolute atomic E-state index is 11.5. The van der Waals surface area contributed by atoms with Gasteiger partial charge in [0.15, 0.2) is 9.84 Å². The zero-order valence-corrected chi connectivity index (χ0v) is 10.6. The molecule has 88 valence electrons. The average Bonchev–Trinajstić information content (AvgIpc) is 2.39. The summed E-state index contributed by atoms with van der Waals surface area (Å²) in [6, 6.07) is 3.23. The van der Waals surface area contributed by atoms with E-state index < -0.39 is 9.84 Å². The molecule has 0 saturated heterocycles. The van der Waals surface area contributed by atoms with Crippen LogP contribution >= 0.6 is 0 Å². The van der Waals surface area contributed by atoms with Crippen molar-refractivity contribution in [2.45, 2.75) is 37.0 Å². The van der Waals surface area contributed by atoms with Gasteiger partial charge in [-0.15, -0.1) is 0 Å². The van der Waals surface area contributed by atoms with E-state index in [1.807, 2.05) is 0 Å². The fourth-order valence-electron chi connectivity index (χ4n) is 2.33. The molecule has 1 aromatic carbocycles. The highest BCUT2D eigenvalue weighted by molar-refractivity contribution is 7.90. The van der Waals surface area contributed by atoms with Crippen molar-refractivity contribution in [1.29, 1.82) is 0 Å². The molecule has 0 fully saturated rings. The third kappa shape index (κ3) is 1.71. The number of rotatable bonds is 1. The van der Waals surface area contributed by atoms with Crippen LogP contribution in [-0.4, -0.2) is 19.8 Å². The van der Waals surface area contributed by atoms with Gasteiger partial charge in [0.1, 0.15) is 10.6 Å². The van der Waals surface area contributed by atoms with Gasteiger partial charge in [-0.3, -0.25) is 0 Å². The number of fused-ring (bicyclic) bond motifs is 1. The summed E-state index contributed by atoms with van der Waals surface area (Å²) in [5.41, 5.74) is 2.11. The van der Waals surface area contributed by atoms with E-state index in [2.05, 4.69) is 13.8 Å². The van der Waals surface area contributed by atoms with Crippen LogP contribution in [0.5, 0.6) is 5.75 Å². The quantitative estimate of drug-likeness (QED) is 0.817. The lowest BCUT2D eigenvalue weighted by atomic mass is 9.87. The summed E-state index contributed by atoms with van der Waals surface area (Å²) in [5, 5.41) is 9.70. The molecule has 0 atom stereocenters. The van der Waals surface area contributed by atoms with E-state index in [-0.39, 0.29) is 16.1 Å². The van der Waals surface area contributed by atoms with Crippen LogP contribution in [0, 0.1) is 0 Å². The highest BCUT2D eigenvalue weighted by Gasteiger charge is 2.32. The third-order valence-electron chi connectivity index (χ3n) is 3.33. The Bertz CT molecular complexity index is 542. The molecule has 2 rings (SSSR count). The standard InChI is InChI=1S/C12H16O3S/c1-12(2)5-4-8-6-10(13)11(7-9(8)12)16(3,14)15/h6-7,13H,4-5H2,1-3H3. The molecule has 3 nitrogen and oxygen atoms in total. The normalized spacial score (nSPS) is 18.4. The van der Waals surface area contributed by atoms with Crippen molar-refractivity contribution in [3.63, 3.8) is 0 Å². The fraction of sp³-hybridized carbons (Fsp3) is 0.500. The maximum Gasteiger partial charge on any atom is 0.179 e. The average molecular weight is 240 g/mol. The minimum absolute atomic E-state index is 0.00245. The number of phenolic OH excluding ortho intramolecular Hbond substituents is 1. The zero-order chi connectivity index (χ0) is 12.1. The summed E-state index contributed by atoms with van der Waals surface area (Å²) >= 11 is 0. The van der Waals surface area contributed by atoms with E-state index in [1.165, 1.54) is 0 Å². The zero-order valence-electron chi connectivity index (χ0n) is 9.74. The summed E-state index contributed by atoms with van der Waals surface area (Å²) in [6.45, 7) is 4.20. The van der Waals surface area contributed by atoms with Crippen LogP contribution in [0.25, 0.3) is 0 Å². The Balaban J connectivity index is 2.70. The first-order chi connectivity index (χ1) is 7.22. The molecule has 1 aliphatic rings. The molecule has 0 bridgehead atoms. The predicted octanol–water partition coefficient (Wildman–Crippen LogP) is 2.02. The molecule has 16 heavy (non-hydrogen) atoms. The maximum atomic E-state index is 11.5. The molecular weight excluding hydrogens is 224 g/mol. The summed E-state index contributed by atoms with van der Waals surface area (Å²) < 4.78 is 23.0. The van der Waals surface area contributed by atoms with E-state index in [0.29, 0.717) is 0 Å². The Labute approximate surface area is 96.0 Å². The molecule has 0 spiro atoms. The van der Waals surface area contributed by atoms with Crippen molar-refractivity contribution in [2.75, 3.05) is 6.26 Å². The highest BCUT2D eigenvalue weighted by Crippen LogP contribution is 2.41. The van der Waals surface area contributed by atoms with Gasteiger partial charge < -0.3 is 5.11 Å². The van der Waals surface area contributed by atoms with E-state index in [4.69, 9.17) is 0 Å². The van der Waals surface area contributed by atoms with Crippen molar-refractivity contribution in [1.82, 2.24) is 0 Å². The van der Waals surface area contributed by atoms with Crippen LogP contribution in [0.4, 0.5) is 0 Å². The molecule has 1 N–H and O–H groups in total. The molecule has 0 unspecified atom stereocenters. The lowest BCUT2D eigenvalue weighted by molar-refractivity contribution is 0.457. The van der Waals surface area contributed by atoms with Gasteiger partial charge in [-0.05, 0) is 41.5 Å². The number of benzene rings is 1. The van der Waals surface area contributed by atoms with Crippen LogP contribution in [0.15, 0.2) is 17.0 Å². The largest absolute Gasteiger partial charge is 0.507 e. The van der Waals surface area contributed by atoms with Gasteiger partial charge in [0.05, 0.1) is 0 Å². The first kappa shape index (κ1) is 11.5. The summed E-state index contributed by atoms with van der Waals surface area (Å²) in [4.78, 5) is 0.0428. The monoisotopic (exact) mass is 240 g/mol. The molecular formula is C12H16O3S. The number of phenols is 1. The van der Waals surface area contributed by atoms with Crippen LogP contribution < -0.4 is 0 Å². The summed E-state index contributed by atoms with van der Waals surface area (Å²) in [7, 11) is -3.36. The Morgan fingerprint density at radius 3 is 2.50 bits per heavy atom. The van der Waals surface area contributed by atoms with Crippen LogP contribution in [-0.2, 0) is 21.7 Å². The predicted molar refractivity (Wildman–Crippen MR) is 62.6 cm³/mol. The minimum Gasteiger partial charge on any atom is -0.507 e. The molecule has 1 aromatic rings. The van der Waals surface area contributed by atoms with Crippen molar-refractivity contribution in [2.24, 2.45) is 0 Å². The second-order valence-electron chi connectivity index (χ2n) is 5.13. The lowest BCUT2D eigenvalue weighted by Gasteiger charge is -2.19. The number of hydrogen-bond acceptors (Lipinski definition) is 3. The van der Waals surface area contributed by atoms with E-state index >= 15 is 0 Å². The number of hydrogen-bond donors (Lipinski definition) is 1. The Hall–Kier alpha value is -1.03. The number of aryl methyl sites for hydroxylation is 1. The molecule has 0 aliphatic heterocycles. The Morgan fingerprint density at radius 2 is 1.94 bits per heavy atom. The van der Waals surface area contributed by atoms with Gasteiger partial charge >= 0.3 is 0 Å². The van der Waals surface area contributed by atoms with Gasteiger partial charge in [-0.1, -0.05) is 13.8 Å². The Kier molecular flexibility index (Phi) is 2.31. The number of sulfone groups is 1. The Morgan fingerprint density at radius 1 is 1.31 bits per heavy atom. The number of aromatic hydroxyl groups is 1. The van der Waals surface area contributed by atoms with Crippen LogP contribution in [0.1, 0.15) is 31.4 Å². The van der Waals surface area contributed by atoms with Gasteiger partial charge in [-0.25, -0.2) is 8.42 Å². The first-order valence-corrected chi connectivity index (χ1v) is 7.17. The molecule has 1 aliphatic carbocycles. The van der Waals surface area contributed by atoms with Crippen LogP contribution in [0.3, 0.4) is 0 Å². The molecule has 0 radical (unpaired) electrons. The van der Waals surface area contributed by atoms with Crippen molar-refractivity contribution < 1.29 is 13.5 Å². The SMILES string of the molecule is CC1(C)CCc2cc(O)c(S(C)(=O)=O)cc21. The molecule has 0 aromatic heterocycles. The first-order valence-electron chi connectivity index (χ1n) is 5.28. The second-order valence-corrected chi connectivity index (χ2v) is 7.12. The second kappa shape index (κ2) is 3.23. The smallest absolute Gasteiger partial charge is 0.179 e. The lowest BCUT2D eigenvalue weighted by Crippen LogP contribution is -2.12. The van der Waals surface area contributed by atoms with E-state index in [1.54, 1.807) is 12.1 Å². The molecule has 0 heterocycles. The van der Waals surface area contributed by atoms with E-state index in [9.17, 15) is 13.5 Å². The summed E-state index contributed by atoms with van der Waals surface area (Å²) in [6.07, 6.45) is 3.02. The van der Waals surface area contributed by atoms with Crippen LogP contribution in [0.2, 0.25) is 0 Å². The topological polar surface area (TPSA) is 54.4 Å². The minimum atomic E-state index is -3.36.